The molecule has 24 heavy (non-hydrogen) atoms. The predicted molar refractivity (Wildman–Crippen MR) is 98.0 cm³/mol. The number of hydrogen-bond acceptors (Lipinski definition) is 4. The van der Waals surface area contributed by atoms with Gasteiger partial charge in [-0.05, 0) is 43.3 Å². The van der Waals surface area contributed by atoms with Crippen molar-refractivity contribution in [3.05, 3.63) is 57.5 Å². The zero-order valence-corrected chi connectivity index (χ0v) is 15.3. The summed E-state index contributed by atoms with van der Waals surface area (Å²) in [5.74, 6) is 0.834. The number of carbonyl (C=O) groups is 1. The third kappa shape index (κ3) is 5.86. The molecular weight excluding hydrogens is 396 g/mol. The number of hydrogen-bond donors (Lipinski definition) is 1. The fourth-order valence-corrected chi connectivity index (χ4v) is 2.38. The standard InChI is InChI=1S/C17H16BrClN2O3/c1-2-23-16-7-6-13(18)8-12(16)10-20-21-17(22)11-24-15-5-3-4-14(19)9-15/h3-10H,2,11H2,1H3,(H,21,22)/b20-10+. The topological polar surface area (TPSA) is 59.9 Å². The lowest BCUT2D eigenvalue weighted by Crippen LogP contribution is -2.24. The molecule has 0 aromatic heterocycles. The molecule has 2 rings (SSSR count). The second-order valence-corrected chi connectivity index (χ2v) is 6.01. The molecule has 0 aliphatic heterocycles. The van der Waals surface area contributed by atoms with Crippen molar-refractivity contribution in [3.8, 4) is 11.5 Å². The van der Waals surface area contributed by atoms with E-state index in [1.165, 1.54) is 6.21 Å². The molecule has 2 aromatic carbocycles. The Morgan fingerprint density at radius 1 is 1.29 bits per heavy atom. The van der Waals surface area contributed by atoms with Crippen molar-refractivity contribution in [1.29, 1.82) is 0 Å². The number of amides is 1. The Balaban J connectivity index is 1.89. The number of nitrogens with zero attached hydrogens (tertiary/aromatic N) is 1. The van der Waals surface area contributed by atoms with Crippen molar-refractivity contribution in [3.63, 3.8) is 0 Å². The summed E-state index contributed by atoms with van der Waals surface area (Å²) >= 11 is 9.23. The van der Waals surface area contributed by atoms with Gasteiger partial charge in [0.1, 0.15) is 11.5 Å². The molecule has 0 spiro atoms. The molecule has 0 saturated carbocycles. The number of rotatable bonds is 7. The molecule has 5 nitrogen and oxygen atoms in total. The van der Waals surface area contributed by atoms with Gasteiger partial charge in [0.25, 0.3) is 5.91 Å². The summed E-state index contributed by atoms with van der Waals surface area (Å²) in [6.45, 7) is 2.29. The van der Waals surface area contributed by atoms with Gasteiger partial charge in [0.2, 0.25) is 0 Å². The molecule has 0 atom stereocenters. The largest absolute Gasteiger partial charge is 0.493 e. The number of benzene rings is 2. The monoisotopic (exact) mass is 410 g/mol. The minimum atomic E-state index is -0.376. The van der Waals surface area contributed by atoms with Crippen LogP contribution in [0.15, 0.2) is 52.0 Å². The third-order valence-corrected chi connectivity index (χ3v) is 3.56. The van der Waals surface area contributed by atoms with E-state index < -0.39 is 0 Å². The van der Waals surface area contributed by atoms with Crippen LogP contribution >= 0.6 is 27.5 Å². The smallest absolute Gasteiger partial charge is 0.277 e. The van der Waals surface area contributed by atoms with Crippen LogP contribution in [0, 0.1) is 0 Å². The van der Waals surface area contributed by atoms with Gasteiger partial charge >= 0.3 is 0 Å². The first-order chi connectivity index (χ1) is 11.6. The number of ether oxygens (including phenoxy) is 2. The highest BCUT2D eigenvalue weighted by Gasteiger charge is 2.04. The van der Waals surface area contributed by atoms with Crippen LogP contribution < -0.4 is 14.9 Å². The van der Waals surface area contributed by atoms with E-state index in [0.717, 1.165) is 10.0 Å². The minimum Gasteiger partial charge on any atom is -0.493 e. The SMILES string of the molecule is CCOc1ccc(Br)cc1/C=N/NC(=O)COc1cccc(Cl)c1. The van der Waals surface area contributed by atoms with Crippen LogP contribution in [0.25, 0.3) is 0 Å². The molecule has 1 amide bonds. The van der Waals surface area contributed by atoms with Gasteiger partial charge < -0.3 is 9.47 Å². The van der Waals surface area contributed by atoms with E-state index in [2.05, 4.69) is 26.5 Å². The van der Waals surface area contributed by atoms with Crippen molar-refractivity contribution >= 4 is 39.7 Å². The lowest BCUT2D eigenvalue weighted by atomic mass is 10.2. The van der Waals surface area contributed by atoms with Gasteiger partial charge in [0.05, 0.1) is 12.8 Å². The van der Waals surface area contributed by atoms with Gasteiger partial charge in [-0.1, -0.05) is 33.6 Å². The second-order valence-electron chi connectivity index (χ2n) is 4.65. The third-order valence-electron chi connectivity index (χ3n) is 2.83. The molecule has 2 aromatic rings. The van der Waals surface area contributed by atoms with E-state index >= 15 is 0 Å². The van der Waals surface area contributed by atoms with Gasteiger partial charge in [-0.2, -0.15) is 5.10 Å². The Labute approximate surface area is 153 Å². The molecule has 0 fully saturated rings. The van der Waals surface area contributed by atoms with E-state index in [-0.39, 0.29) is 12.5 Å². The summed E-state index contributed by atoms with van der Waals surface area (Å²) in [6, 6.07) is 12.4. The van der Waals surface area contributed by atoms with Gasteiger partial charge in [0.15, 0.2) is 6.61 Å². The molecule has 126 valence electrons. The summed E-state index contributed by atoms with van der Waals surface area (Å²) in [5.41, 5.74) is 3.16. The van der Waals surface area contributed by atoms with Crippen molar-refractivity contribution in [2.24, 2.45) is 5.10 Å². The molecule has 0 aliphatic carbocycles. The fraction of sp³-hybridized carbons (Fsp3) is 0.176. The van der Waals surface area contributed by atoms with Gasteiger partial charge in [-0.25, -0.2) is 5.43 Å². The van der Waals surface area contributed by atoms with E-state index in [9.17, 15) is 4.79 Å². The van der Waals surface area contributed by atoms with E-state index in [1.807, 2.05) is 25.1 Å². The lowest BCUT2D eigenvalue weighted by Gasteiger charge is -2.07. The van der Waals surface area contributed by atoms with Crippen LogP contribution in [0.3, 0.4) is 0 Å². The first-order valence-electron chi connectivity index (χ1n) is 7.21. The Hall–Kier alpha value is -2.05. The van der Waals surface area contributed by atoms with Crippen LogP contribution in [0.2, 0.25) is 5.02 Å². The quantitative estimate of drug-likeness (QED) is 0.553. The highest BCUT2D eigenvalue weighted by atomic mass is 79.9. The first kappa shape index (κ1) is 18.3. The summed E-state index contributed by atoms with van der Waals surface area (Å²) in [4.78, 5) is 11.7. The molecule has 0 aliphatic rings. The number of nitrogens with one attached hydrogen (secondary N) is 1. The van der Waals surface area contributed by atoms with Gasteiger partial charge in [0, 0.05) is 15.1 Å². The molecular formula is C17H16BrClN2O3. The van der Waals surface area contributed by atoms with Crippen LogP contribution in [-0.2, 0) is 4.79 Å². The second kappa shape index (κ2) is 9.30. The zero-order valence-electron chi connectivity index (χ0n) is 13.0. The van der Waals surface area contributed by atoms with E-state index in [1.54, 1.807) is 24.3 Å². The fourth-order valence-electron chi connectivity index (χ4n) is 1.82. The lowest BCUT2D eigenvalue weighted by molar-refractivity contribution is -0.123. The van der Waals surface area contributed by atoms with Crippen LogP contribution in [-0.4, -0.2) is 25.3 Å². The maximum absolute atomic E-state index is 11.7. The van der Waals surface area contributed by atoms with Gasteiger partial charge in [-0.15, -0.1) is 0 Å². The van der Waals surface area contributed by atoms with E-state index in [0.29, 0.717) is 23.1 Å². The molecule has 0 unspecified atom stereocenters. The molecule has 7 heteroatoms. The summed E-state index contributed by atoms with van der Waals surface area (Å²) in [7, 11) is 0. The Bertz CT molecular complexity index is 738. The zero-order chi connectivity index (χ0) is 17.4. The Kier molecular flexibility index (Phi) is 7.08. The molecule has 0 heterocycles. The highest BCUT2D eigenvalue weighted by Crippen LogP contribution is 2.21. The van der Waals surface area contributed by atoms with Crippen molar-refractivity contribution in [1.82, 2.24) is 5.43 Å². The summed E-state index contributed by atoms with van der Waals surface area (Å²) in [6.07, 6.45) is 1.52. The molecule has 0 saturated heterocycles. The van der Waals surface area contributed by atoms with Crippen molar-refractivity contribution in [2.75, 3.05) is 13.2 Å². The predicted octanol–water partition coefficient (Wildman–Crippen LogP) is 4.03. The van der Waals surface area contributed by atoms with E-state index in [4.69, 9.17) is 21.1 Å². The maximum Gasteiger partial charge on any atom is 0.277 e. The Morgan fingerprint density at radius 2 is 2.12 bits per heavy atom. The number of halogens is 2. The van der Waals surface area contributed by atoms with Crippen molar-refractivity contribution < 1.29 is 14.3 Å². The first-order valence-corrected chi connectivity index (χ1v) is 8.38. The maximum atomic E-state index is 11.7. The minimum absolute atomic E-state index is 0.158. The number of carbonyl (C=O) groups excluding carboxylic acids is 1. The Morgan fingerprint density at radius 3 is 2.88 bits per heavy atom. The average molecular weight is 412 g/mol. The number of hydrazone groups is 1. The van der Waals surface area contributed by atoms with Crippen LogP contribution in [0.4, 0.5) is 0 Å². The summed E-state index contributed by atoms with van der Waals surface area (Å²) < 4.78 is 11.7. The highest BCUT2D eigenvalue weighted by molar-refractivity contribution is 9.10. The molecule has 1 N–H and O–H groups in total. The molecule has 0 bridgehead atoms. The van der Waals surface area contributed by atoms with Crippen molar-refractivity contribution in [2.45, 2.75) is 6.92 Å². The average Bonchev–Trinajstić information content (AvgIpc) is 2.55. The molecule has 0 radical (unpaired) electrons. The van der Waals surface area contributed by atoms with Crippen LogP contribution in [0.5, 0.6) is 11.5 Å². The van der Waals surface area contributed by atoms with Gasteiger partial charge in [-0.3, -0.25) is 4.79 Å². The van der Waals surface area contributed by atoms with Crippen LogP contribution in [0.1, 0.15) is 12.5 Å². The normalized spacial score (nSPS) is 10.6. The summed E-state index contributed by atoms with van der Waals surface area (Å²) in [5, 5.41) is 4.47.